The van der Waals surface area contributed by atoms with Crippen LogP contribution in [0.2, 0.25) is 0 Å². The van der Waals surface area contributed by atoms with Gasteiger partial charge in [-0.3, -0.25) is 5.41 Å². The SMILES string of the molecule is C1=Cc2nc3nc(nc4[nH]c(nc5nc(nc([nH]2)=C1)-c1ccccc1-5)C=CC=4)-c1ccccc1-3.N=C1N=C(N)c2ccccc21.Nc1cccc(N)n1. The summed E-state index contributed by atoms with van der Waals surface area (Å²) in [5.74, 6) is 5.28. The Morgan fingerprint density at radius 3 is 1.26 bits per heavy atom. The van der Waals surface area contributed by atoms with Gasteiger partial charge in [0.05, 0.1) is 0 Å². The molecule has 0 unspecified atom stereocenters. The fourth-order valence-corrected chi connectivity index (χ4v) is 5.76. The summed E-state index contributed by atoms with van der Waals surface area (Å²) in [5.41, 5.74) is 22.8. The van der Waals surface area contributed by atoms with Crippen LogP contribution in [0.3, 0.4) is 0 Å². The van der Waals surface area contributed by atoms with Crippen LogP contribution >= 0.6 is 0 Å². The predicted molar refractivity (Wildman–Crippen MR) is 207 cm³/mol. The summed E-state index contributed by atoms with van der Waals surface area (Å²) in [7, 11) is 0. The molecule has 0 saturated heterocycles. The Morgan fingerprint density at radius 2 is 0.849 bits per heavy atom. The van der Waals surface area contributed by atoms with Crippen LogP contribution in [0.15, 0.2) is 108 Å². The van der Waals surface area contributed by atoms with Gasteiger partial charge in [0.15, 0.2) is 29.1 Å². The van der Waals surface area contributed by atoms with Crippen molar-refractivity contribution in [2.45, 2.75) is 0 Å². The molecule has 5 aromatic rings. The van der Waals surface area contributed by atoms with Crippen molar-refractivity contribution < 1.29 is 0 Å². The lowest BCUT2D eigenvalue weighted by Gasteiger charge is -2.00. The number of benzene rings is 3. The maximum absolute atomic E-state index is 7.39. The maximum Gasteiger partial charge on any atom is 0.164 e. The second-order valence-electron chi connectivity index (χ2n) is 11.8. The fourth-order valence-electron chi connectivity index (χ4n) is 5.76. The number of aromatic amines is 2. The lowest BCUT2D eigenvalue weighted by atomic mass is 10.1. The molecule has 14 heteroatoms. The normalized spacial score (nSPS) is 12.7. The zero-order valence-corrected chi connectivity index (χ0v) is 27.9. The van der Waals surface area contributed by atoms with E-state index in [1.165, 1.54) is 0 Å². The summed E-state index contributed by atoms with van der Waals surface area (Å²) in [6.45, 7) is 0. The molecular formula is C39H30N14. The fraction of sp³-hybridized carbons (Fsp3) is 0. The zero-order valence-electron chi connectivity index (χ0n) is 27.9. The maximum atomic E-state index is 7.39. The molecule has 8 bridgehead atoms. The highest BCUT2D eigenvalue weighted by atomic mass is 15.1. The van der Waals surface area contributed by atoms with Crippen molar-refractivity contribution in [3.05, 3.63) is 137 Å². The number of anilines is 2. The second kappa shape index (κ2) is 13.8. The predicted octanol–water partition coefficient (Wildman–Crippen LogP) is 3.97. The summed E-state index contributed by atoms with van der Waals surface area (Å²) < 4.78 is 0. The molecule has 5 aliphatic rings. The summed E-state index contributed by atoms with van der Waals surface area (Å²) in [6.07, 6.45) is 11.4. The van der Waals surface area contributed by atoms with Crippen LogP contribution in [-0.4, -0.2) is 56.5 Å². The Labute approximate surface area is 301 Å². The molecule has 0 radical (unpaired) electrons. The van der Waals surface area contributed by atoms with Crippen molar-refractivity contribution in [1.82, 2.24) is 44.9 Å². The van der Waals surface area contributed by atoms with Gasteiger partial charge in [-0.1, -0.05) is 91.0 Å². The van der Waals surface area contributed by atoms with Gasteiger partial charge in [0.1, 0.15) is 40.1 Å². The number of nitrogens with two attached hydrogens (primary N) is 3. The van der Waals surface area contributed by atoms with E-state index in [-0.39, 0.29) is 5.84 Å². The topological polar surface area (TPSA) is 236 Å². The highest BCUT2D eigenvalue weighted by Gasteiger charge is 2.20. The molecule has 0 saturated carbocycles. The van der Waals surface area contributed by atoms with Crippen molar-refractivity contribution in [3.8, 4) is 45.6 Å². The van der Waals surface area contributed by atoms with E-state index in [2.05, 4.69) is 19.9 Å². The molecule has 10 rings (SSSR count). The number of amidine groups is 2. The number of allylic oxidation sites excluding steroid dienone is 2. The van der Waals surface area contributed by atoms with Gasteiger partial charge >= 0.3 is 0 Å². The quantitative estimate of drug-likeness (QED) is 0.134. The van der Waals surface area contributed by atoms with Gasteiger partial charge in [0.2, 0.25) is 0 Å². The van der Waals surface area contributed by atoms with E-state index in [1.807, 2.05) is 109 Å². The molecule has 3 aromatic carbocycles. The Kier molecular flexibility index (Phi) is 8.42. The monoisotopic (exact) mass is 694 g/mol. The van der Waals surface area contributed by atoms with E-state index in [0.717, 1.165) is 33.4 Å². The summed E-state index contributed by atoms with van der Waals surface area (Å²) in [4.78, 5) is 42.7. The molecule has 7 heterocycles. The number of aliphatic imine (C=N–C) groups is 1. The van der Waals surface area contributed by atoms with Gasteiger partial charge < -0.3 is 27.2 Å². The summed E-state index contributed by atoms with van der Waals surface area (Å²) >= 11 is 0. The second-order valence-corrected chi connectivity index (χ2v) is 11.8. The molecule has 0 spiro atoms. The van der Waals surface area contributed by atoms with Crippen LogP contribution in [0.5, 0.6) is 0 Å². The number of nitrogen functional groups attached to an aromatic ring is 2. The van der Waals surface area contributed by atoms with Crippen LogP contribution in [-0.2, 0) is 0 Å². The van der Waals surface area contributed by atoms with E-state index >= 15 is 0 Å². The van der Waals surface area contributed by atoms with E-state index in [4.69, 9.17) is 52.5 Å². The van der Waals surface area contributed by atoms with Crippen LogP contribution in [0.4, 0.5) is 11.6 Å². The van der Waals surface area contributed by atoms with Crippen LogP contribution in [0.1, 0.15) is 22.8 Å². The number of rotatable bonds is 0. The Hall–Kier alpha value is -7.87. The number of fused-ring (bicyclic) bond motifs is 15. The molecule has 0 atom stereocenters. The van der Waals surface area contributed by atoms with Gasteiger partial charge in [-0.25, -0.2) is 39.9 Å². The highest BCUT2D eigenvalue weighted by molar-refractivity contribution is 6.20. The van der Waals surface area contributed by atoms with Crippen molar-refractivity contribution >= 4 is 47.6 Å². The van der Waals surface area contributed by atoms with Gasteiger partial charge in [-0.15, -0.1) is 0 Å². The highest BCUT2D eigenvalue weighted by Crippen LogP contribution is 2.33. The summed E-state index contributed by atoms with van der Waals surface area (Å²) in [6, 6.07) is 28.5. The number of nitrogens with zero attached hydrogens (tertiary/aromatic N) is 8. The van der Waals surface area contributed by atoms with E-state index in [0.29, 0.717) is 63.4 Å². The van der Waals surface area contributed by atoms with Crippen LogP contribution in [0, 0.1) is 5.41 Å². The van der Waals surface area contributed by atoms with E-state index < -0.39 is 0 Å². The third-order valence-electron chi connectivity index (χ3n) is 8.16. The molecule has 9 N–H and O–H groups in total. The zero-order chi connectivity index (χ0) is 36.3. The number of hydrogen-bond donors (Lipinski definition) is 6. The first kappa shape index (κ1) is 32.3. The third-order valence-corrected chi connectivity index (χ3v) is 8.16. The minimum absolute atomic E-state index is 0.262. The Morgan fingerprint density at radius 1 is 0.434 bits per heavy atom. The van der Waals surface area contributed by atoms with Crippen molar-refractivity contribution in [2.24, 2.45) is 10.7 Å². The smallest absolute Gasteiger partial charge is 0.164 e. The molecule has 53 heavy (non-hydrogen) atoms. The molecule has 2 aromatic heterocycles. The lowest BCUT2D eigenvalue weighted by molar-refractivity contribution is 1.02. The number of pyridine rings is 1. The van der Waals surface area contributed by atoms with Crippen molar-refractivity contribution in [3.63, 3.8) is 0 Å². The minimum Gasteiger partial charge on any atom is -0.384 e. The molecule has 0 amide bonds. The average molecular weight is 695 g/mol. The number of H-pyrrole nitrogens is 2. The third kappa shape index (κ3) is 6.82. The van der Waals surface area contributed by atoms with Crippen molar-refractivity contribution in [2.75, 3.05) is 11.5 Å². The molecule has 5 aliphatic heterocycles. The lowest BCUT2D eigenvalue weighted by Crippen LogP contribution is -2.14. The number of hydrogen-bond acceptors (Lipinski definition) is 11. The number of nitrogens with one attached hydrogen (secondary N) is 3. The molecular weight excluding hydrogens is 665 g/mol. The number of aromatic nitrogens is 9. The first-order valence-corrected chi connectivity index (χ1v) is 16.4. The molecule has 14 nitrogen and oxygen atoms in total. The molecule has 0 aliphatic carbocycles. The van der Waals surface area contributed by atoms with Gasteiger partial charge in [-0.2, -0.15) is 0 Å². The van der Waals surface area contributed by atoms with Gasteiger partial charge in [0.25, 0.3) is 0 Å². The molecule has 256 valence electrons. The van der Waals surface area contributed by atoms with Crippen LogP contribution in [0.25, 0.3) is 69.9 Å². The average Bonchev–Trinajstić information content (AvgIpc) is 3.79. The van der Waals surface area contributed by atoms with Gasteiger partial charge in [-0.05, 0) is 36.4 Å². The van der Waals surface area contributed by atoms with E-state index in [9.17, 15) is 0 Å². The summed E-state index contributed by atoms with van der Waals surface area (Å²) in [5, 5.41) is 7.39. The standard InChI is InChI=1S/C26H16N8.C8H7N3.C5H7N3/c1-2-8-16-15(7-1)23-29-19-11-5-13-21(27-19)31-25-17-9-3-4-10-18(17)26(34-25)32-22-14-6-12-20(28-22)30-24(16)33-23;9-7-5-3-1-2-4-6(5)8(10)11-7;6-4-2-1-3-5(7)8-4/h1-14H,(H2,27,28,29,30,31,32,33,34);1-4H,(H3,9,10,11);1-3H,(H4,6,7,8). The van der Waals surface area contributed by atoms with Gasteiger partial charge in [0, 0.05) is 33.4 Å². The largest absolute Gasteiger partial charge is 0.384 e. The molecule has 0 fully saturated rings. The van der Waals surface area contributed by atoms with Crippen molar-refractivity contribution in [1.29, 1.82) is 5.41 Å². The first-order chi connectivity index (χ1) is 25.9. The minimum atomic E-state index is 0.262. The van der Waals surface area contributed by atoms with E-state index in [1.54, 1.807) is 18.2 Å². The Balaban J connectivity index is 0.000000171. The first-order valence-electron chi connectivity index (χ1n) is 16.4. The Bertz CT molecular complexity index is 2600. The van der Waals surface area contributed by atoms with Crippen LogP contribution < -0.4 is 28.2 Å².